The molecule has 5 heteroatoms. The summed E-state index contributed by atoms with van der Waals surface area (Å²) in [5.41, 5.74) is 1.96. The van der Waals surface area contributed by atoms with Crippen LogP contribution in [0.1, 0.15) is 11.1 Å². The average Bonchev–Trinajstić information content (AvgIpc) is 2.56. The highest BCUT2D eigenvalue weighted by molar-refractivity contribution is 9.10. The fourth-order valence-corrected chi connectivity index (χ4v) is 2.50. The van der Waals surface area contributed by atoms with Crippen LogP contribution in [0.5, 0.6) is 11.5 Å². The van der Waals surface area contributed by atoms with E-state index >= 15 is 0 Å². The van der Waals surface area contributed by atoms with Gasteiger partial charge < -0.3 is 14.8 Å². The fraction of sp³-hybridized carbons (Fsp3) is 0.222. The van der Waals surface area contributed by atoms with Crippen molar-refractivity contribution < 1.29 is 13.9 Å². The van der Waals surface area contributed by atoms with Crippen LogP contribution < -0.4 is 14.8 Å². The summed E-state index contributed by atoms with van der Waals surface area (Å²) in [6.07, 6.45) is 1.81. The third kappa shape index (κ3) is 5.08. The molecular weight excluding hydrogens is 361 g/mol. The lowest BCUT2D eigenvalue weighted by molar-refractivity contribution is 0.284. The molecule has 0 saturated carbocycles. The van der Waals surface area contributed by atoms with Gasteiger partial charge in [-0.1, -0.05) is 34.1 Å². The van der Waals surface area contributed by atoms with E-state index in [0.717, 1.165) is 22.1 Å². The smallest absolute Gasteiger partial charge is 0.162 e. The van der Waals surface area contributed by atoms with Gasteiger partial charge >= 0.3 is 0 Å². The molecule has 2 aromatic rings. The van der Waals surface area contributed by atoms with E-state index in [1.807, 2.05) is 18.2 Å². The summed E-state index contributed by atoms with van der Waals surface area (Å²) in [7, 11) is 1.61. The minimum Gasteiger partial charge on any atom is -0.493 e. The first-order valence-corrected chi connectivity index (χ1v) is 7.98. The van der Waals surface area contributed by atoms with Crippen LogP contribution in [0.2, 0.25) is 0 Å². The van der Waals surface area contributed by atoms with E-state index in [1.54, 1.807) is 19.2 Å². The molecule has 0 heterocycles. The highest BCUT2D eigenvalue weighted by Crippen LogP contribution is 2.34. The molecule has 0 unspecified atom stereocenters. The predicted octanol–water partition coefficient (Wildman–Crippen LogP) is 4.45. The molecule has 0 aliphatic rings. The van der Waals surface area contributed by atoms with Crippen LogP contribution in [0.3, 0.4) is 0 Å². The summed E-state index contributed by atoms with van der Waals surface area (Å²) in [5.74, 6) is 1.03. The second-order valence-electron chi connectivity index (χ2n) is 4.93. The summed E-state index contributed by atoms with van der Waals surface area (Å²) >= 11 is 3.55. The normalized spacial score (nSPS) is 10.4. The van der Waals surface area contributed by atoms with E-state index < -0.39 is 0 Å². The fourth-order valence-electron chi connectivity index (χ4n) is 2.04. The molecule has 0 aliphatic carbocycles. The van der Waals surface area contributed by atoms with Gasteiger partial charge in [-0.2, -0.15) is 0 Å². The molecule has 0 saturated heterocycles. The van der Waals surface area contributed by atoms with Gasteiger partial charge in [0.25, 0.3) is 0 Å². The molecule has 0 aliphatic heterocycles. The van der Waals surface area contributed by atoms with E-state index in [0.29, 0.717) is 24.7 Å². The Morgan fingerprint density at radius 2 is 1.96 bits per heavy atom. The predicted molar refractivity (Wildman–Crippen MR) is 93.3 cm³/mol. The minimum atomic E-state index is -0.259. The number of ether oxygens (including phenoxy) is 2. The summed E-state index contributed by atoms with van der Waals surface area (Å²) in [4.78, 5) is 0. The van der Waals surface area contributed by atoms with Crippen molar-refractivity contribution in [1.29, 1.82) is 0 Å². The van der Waals surface area contributed by atoms with Gasteiger partial charge in [-0.25, -0.2) is 4.39 Å². The van der Waals surface area contributed by atoms with Crippen molar-refractivity contribution in [1.82, 2.24) is 5.32 Å². The van der Waals surface area contributed by atoms with Crippen LogP contribution in [-0.4, -0.2) is 13.7 Å². The first-order valence-electron chi connectivity index (χ1n) is 7.19. The van der Waals surface area contributed by atoms with Gasteiger partial charge in [-0.05, 0) is 35.4 Å². The molecule has 0 radical (unpaired) electrons. The van der Waals surface area contributed by atoms with E-state index in [4.69, 9.17) is 9.47 Å². The Bertz CT molecular complexity index is 659. The molecule has 2 rings (SSSR count). The Labute approximate surface area is 144 Å². The monoisotopic (exact) mass is 379 g/mol. The largest absolute Gasteiger partial charge is 0.493 e. The number of benzene rings is 2. The van der Waals surface area contributed by atoms with Gasteiger partial charge in [0.05, 0.1) is 7.11 Å². The molecule has 23 heavy (non-hydrogen) atoms. The van der Waals surface area contributed by atoms with Crippen LogP contribution in [0.4, 0.5) is 4.39 Å². The van der Waals surface area contributed by atoms with Gasteiger partial charge in [0.2, 0.25) is 0 Å². The van der Waals surface area contributed by atoms with Crippen molar-refractivity contribution in [2.24, 2.45) is 0 Å². The van der Waals surface area contributed by atoms with Gasteiger partial charge in [0.1, 0.15) is 12.4 Å². The van der Waals surface area contributed by atoms with Gasteiger partial charge in [-0.3, -0.25) is 0 Å². The standard InChI is InChI=1S/C18H19BrFNO2/c1-3-8-21-11-14-9-17(22-2)18(10-16(14)19)23-12-13-4-6-15(20)7-5-13/h3-7,9-10,21H,1,8,11-12H2,2H3. The first-order chi connectivity index (χ1) is 11.1. The highest BCUT2D eigenvalue weighted by atomic mass is 79.9. The number of methoxy groups -OCH3 is 1. The molecule has 0 bridgehead atoms. The first kappa shape index (κ1) is 17.5. The molecule has 0 amide bonds. The second kappa shape index (κ2) is 8.70. The summed E-state index contributed by atoms with van der Waals surface area (Å²) in [6, 6.07) is 10.0. The van der Waals surface area contributed by atoms with Crippen molar-refractivity contribution >= 4 is 15.9 Å². The van der Waals surface area contributed by atoms with E-state index in [1.165, 1.54) is 12.1 Å². The van der Waals surface area contributed by atoms with Crippen LogP contribution in [0.15, 0.2) is 53.5 Å². The maximum absolute atomic E-state index is 12.9. The number of hydrogen-bond acceptors (Lipinski definition) is 3. The third-order valence-corrected chi connectivity index (χ3v) is 3.98. The van der Waals surface area contributed by atoms with Crippen LogP contribution in [-0.2, 0) is 13.2 Å². The average molecular weight is 380 g/mol. The lowest BCUT2D eigenvalue weighted by Crippen LogP contribution is -2.13. The van der Waals surface area contributed by atoms with Crippen molar-refractivity contribution in [3.05, 3.63) is 70.5 Å². The number of rotatable bonds is 8. The maximum Gasteiger partial charge on any atom is 0.162 e. The zero-order valence-corrected chi connectivity index (χ0v) is 14.5. The van der Waals surface area contributed by atoms with Gasteiger partial charge in [-0.15, -0.1) is 6.58 Å². The Kier molecular flexibility index (Phi) is 6.62. The van der Waals surface area contributed by atoms with Crippen LogP contribution in [0, 0.1) is 5.82 Å². The molecule has 122 valence electrons. The number of halogens is 2. The SMILES string of the molecule is C=CCNCc1cc(OC)c(OCc2ccc(F)cc2)cc1Br. The van der Waals surface area contributed by atoms with Gasteiger partial charge in [0.15, 0.2) is 11.5 Å². The minimum absolute atomic E-state index is 0.259. The van der Waals surface area contributed by atoms with Crippen molar-refractivity contribution in [3.8, 4) is 11.5 Å². The lowest BCUT2D eigenvalue weighted by Gasteiger charge is -2.14. The molecule has 0 aromatic heterocycles. The maximum atomic E-state index is 12.9. The van der Waals surface area contributed by atoms with Crippen molar-refractivity contribution in [3.63, 3.8) is 0 Å². The van der Waals surface area contributed by atoms with Gasteiger partial charge in [0, 0.05) is 17.6 Å². The van der Waals surface area contributed by atoms with Crippen molar-refractivity contribution in [2.75, 3.05) is 13.7 Å². The summed E-state index contributed by atoms with van der Waals surface area (Å²) in [6.45, 7) is 5.45. The third-order valence-electron chi connectivity index (χ3n) is 3.24. The summed E-state index contributed by atoms with van der Waals surface area (Å²) in [5, 5.41) is 3.25. The zero-order valence-electron chi connectivity index (χ0n) is 12.9. The highest BCUT2D eigenvalue weighted by Gasteiger charge is 2.10. The molecular formula is C18H19BrFNO2. The Balaban J connectivity index is 2.09. The lowest BCUT2D eigenvalue weighted by atomic mass is 10.2. The Morgan fingerprint density at radius 1 is 1.22 bits per heavy atom. The molecule has 3 nitrogen and oxygen atoms in total. The second-order valence-corrected chi connectivity index (χ2v) is 5.78. The molecule has 0 atom stereocenters. The molecule has 2 aromatic carbocycles. The quantitative estimate of drug-likeness (QED) is 0.542. The Morgan fingerprint density at radius 3 is 2.61 bits per heavy atom. The van der Waals surface area contributed by atoms with E-state index in [9.17, 15) is 4.39 Å². The zero-order chi connectivity index (χ0) is 16.7. The van der Waals surface area contributed by atoms with Crippen LogP contribution in [0.25, 0.3) is 0 Å². The Hall–Kier alpha value is -1.85. The van der Waals surface area contributed by atoms with Crippen LogP contribution >= 0.6 is 15.9 Å². The molecule has 1 N–H and O–H groups in total. The summed E-state index contributed by atoms with van der Waals surface area (Å²) < 4.78 is 25.1. The number of hydrogen-bond donors (Lipinski definition) is 1. The topological polar surface area (TPSA) is 30.5 Å². The molecule has 0 spiro atoms. The number of nitrogens with one attached hydrogen (secondary N) is 1. The van der Waals surface area contributed by atoms with E-state index in [-0.39, 0.29) is 5.82 Å². The van der Waals surface area contributed by atoms with E-state index in [2.05, 4.69) is 27.8 Å². The molecule has 0 fully saturated rings. The van der Waals surface area contributed by atoms with Crippen molar-refractivity contribution in [2.45, 2.75) is 13.2 Å².